The van der Waals surface area contributed by atoms with Gasteiger partial charge in [0.15, 0.2) is 5.82 Å². The fraction of sp³-hybridized carbons (Fsp3) is 0.667. The van der Waals surface area contributed by atoms with Gasteiger partial charge in [-0.05, 0) is 6.42 Å². The lowest BCUT2D eigenvalue weighted by Gasteiger charge is -2.10. The molecule has 1 rings (SSSR count). The number of carbonyl (C=O) groups excluding carboxylic acids is 1. The molecule has 18 heavy (non-hydrogen) atoms. The van der Waals surface area contributed by atoms with Gasteiger partial charge < -0.3 is 11.1 Å². The first kappa shape index (κ1) is 14.6. The summed E-state index contributed by atoms with van der Waals surface area (Å²) in [5, 5.41) is 6.53. The third kappa shape index (κ3) is 5.23. The monoisotopic (exact) mass is 275 g/mol. The molecule has 0 aliphatic rings. The molecule has 0 saturated carbocycles. The first-order valence-corrected chi connectivity index (χ1v) is 7.39. The van der Waals surface area contributed by atoms with E-state index in [2.05, 4.69) is 15.4 Å². The number of nitrogens with two attached hydrogens (primary N) is 1. The van der Waals surface area contributed by atoms with E-state index in [9.17, 15) is 13.2 Å². The minimum atomic E-state index is -3.10. The van der Waals surface area contributed by atoms with E-state index in [1.807, 2.05) is 0 Å². The predicted molar refractivity (Wildman–Crippen MR) is 65.2 cm³/mol. The molecule has 8 nitrogen and oxygen atoms in total. The molecule has 0 aliphatic carbocycles. The Morgan fingerprint density at radius 3 is 2.78 bits per heavy atom. The summed E-state index contributed by atoms with van der Waals surface area (Å²) in [5.74, 6) is -0.0454. The van der Waals surface area contributed by atoms with Gasteiger partial charge in [-0.3, -0.25) is 9.48 Å². The highest BCUT2D eigenvalue weighted by molar-refractivity contribution is 7.90. The number of amides is 1. The van der Waals surface area contributed by atoms with Gasteiger partial charge in [0.25, 0.3) is 0 Å². The SMILES string of the molecule is Cn1cnc(CNC(=O)C(N)CCS(C)(=O)=O)n1. The highest BCUT2D eigenvalue weighted by Crippen LogP contribution is 1.95. The van der Waals surface area contributed by atoms with Crippen LogP contribution >= 0.6 is 0 Å². The predicted octanol–water partition coefficient (Wildman–Crippen LogP) is -1.81. The second-order valence-corrected chi connectivity index (χ2v) is 6.34. The van der Waals surface area contributed by atoms with Crippen LogP contribution in [-0.2, 0) is 28.2 Å². The Hall–Kier alpha value is -1.48. The molecule has 3 N–H and O–H groups in total. The summed E-state index contributed by atoms with van der Waals surface area (Å²) < 4.78 is 23.4. The van der Waals surface area contributed by atoms with Gasteiger partial charge in [0.1, 0.15) is 16.2 Å². The topological polar surface area (TPSA) is 120 Å². The van der Waals surface area contributed by atoms with Gasteiger partial charge in [0, 0.05) is 13.3 Å². The molecule has 0 spiro atoms. The normalized spacial score (nSPS) is 13.3. The maximum absolute atomic E-state index is 11.5. The Kier molecular flexibility index (Phi) is 4.79. The van der Waals surface area contributed by atoms with Crippen molar-refractivity contribution < 1.29 is 13.2 Å². The van der Waals surface area contributed by atoms with Crippen LogP contribution in [0.4, 0.5) is 0 Å². The average Bonchev–Trinajstić information content (AvgIpc) is 2.67. The molecule has 0 bridgehead atoms. The smallest absolute Gasteiger partial charge is 0.237 e. The van der Waals surface area contributed by atoms with Crippen molar-refractivity contribution in [1.82, 2.24) is 20.1 Å². The van der Waals surface area contributed by atoms with Crippen LogP contribution in [0.25, 0.3) is 0 Å². The third-order valence-corrected chi connectivity index (χ3v) is 3.18. The van der Waals surface area contributed by atoms with Crippen LogP contribution in [-0.4, -0.2) is 47.1 Å². The summed E-state index contributed by atoms with van der Waals surface area (Å²) in [6, 6.07) is -0.844. The summed E-state index contributed by atoms with van der Waals surface area (Å²) in [5.41, 5.74) is 5.57. The van der Waals surface area contributed by atoms with Crippen LogP contribution in [0.5, 0.6) is 0 Å². The second kappa shape index (κ2) is 5.91. The van der Waals surface area contributed by atoms with Gasteiger partial charge in [-0.1, -0.05) is 0 Å². The Labute approximate surface area is 105 Å². The van der Waals surface area contributed by atoms with Gasteiger partial charge >= 0.3 is 0 Å². The minimum absolute atomic E-state index is 0.0975. The average molecular weight is 275 g/mol. The summed E-state index contributed by atoms with van der Waals surface area (Å²) in [4.78, 5) is 15.5. The number of carbonyl (C=O) groups is 1. The molecule has 1 heterocycles. The molecule has 0 fully saturated rings. The number of aromatic nitrogens is 3. The molecule has 0 aliphatic heterocycles. The van der Waals surface area contributed by atoms with Crippen LogP contribution in [0.15, 0.2) is 6.33 Å². The number of nitrogens with one attached hydrogen (secondary N) is 1. The van der Waals surface area contributed by atoms with Crippen molar-refractivity contribution in [1.29, 1.82) is 0 Å². The van der Waals surface area contributed by atoms with E-state index in [0.29, 0.717) is 5.82 Å². The molecule has 0 radical (unpaired) electrons. The van der Waals surface area contributed by atoms with Gasteiger partial charge in [-0.15, -0.1) is 0 Å². The molecule has 1 amide bonds. The number of rotatable bonds is 6. The van der Waals surface area contributed by atoms with E-state index in [0.717, 1.165) is 6.26 Å². The van der Waals surface area contributed by atoms with Crippen LogP contribution in [0, 0.1) is 0 Å². The number of hydrogen-bond acceptors (Lipinski definition) is 6. The number of hydrogen-bond donors (Lipinski definition) is 2. The molecule has 1 atom stereocenters. The molecule has 1 unspecified atom stereocenters. The second-order valence-electron chi connectivity index (χ2n) is 4.08. The van der Waals surface area contributed by atoms with Crippen molar-refractivity contribution in [2.24, 2.45) is 12.8 Å². The van der Waals surface area contributed by atoms with Crippen LogP contribution in [0.2, 0.25) is 0 Å². The van der Waals surface area contributed by atoms with E-state index in [-0.39, 0.29) is 18.7 Å². The zero-order valence-electron chi connectivity index (χ0n) is 10.3. The Bertz CT molecular complexity index is 510. The van der Waals surface area contributed by atoms with E-state index >= 15 is 0 Å². The summed E-state index contributed by atoms with van der Waals surface area (Å²) >= 11 is 0. The van der Waals surface area contributed by atoms with Gasteiger partial charge in [-0.2, -0.15) is 5.10 Å². The quantitative estimate of drug-likeness (QED) is 0.631. The van der Waals surface area contributed by atoms with Crippen LogP contribution in [0.1, 0.15) is 12.2 Å². The largest absolute Gasteiger partial charge is 0.347 e. The van der Waals surface area contributed by atoms with Crippen molar-refractivity contribution in [3.63, 3.8) is 0 Å². The van der Waals surface area contributed by atoms with Crippen molar-refractivity contribution in [3.8, 4) is 0 Å². The molecule has 9 heteroatoms. The first-order valence-electron chi connectivity index (χ1n) is 5.33. The highest BCUT2D eigenvalue weighted by atomic mass is 32.2. The summed E-state index contributed by atoms with van der Waals surface area (Å²) in [6.45, 7) is 0.173. The van der Waals surface area contributed by atoms with Crippen molar-refractivity contribution in [2.45, 2.75) is 19.0 Å². The van der Waals surface area contributed by atoms with Gasteiger partial charge in [-0.25, -0.2) is 13.4 Å². The standard InChI is InChI=1S/C9H17N5O3S/c1-14-6-12-8(13-14)5-11-9(15)7(10)3-4-18(2,16)17/h6-7H,3-5,10H2,1-2H3,(H,11,15). The van der Waals surface area contributed by atoms with Crippen LogP contribution < -0.4 is 11.1 Å². The number of aryl methyl sites for hydroxylation is 1. The third-order valence-electron chi connectivity index (χ3n) is 2.20. The Morgan fingerprint density at radius 1 is 1.61 bits per heavy atom. The molecular formula is C9H17N5O3S. The molecular weight excluding hydrogens is 258 g/mol. The Balaban J connectivity index is 2.36. The highest BCUT2D eigenvalue weighted by Gasteiger charge is 2.16. The number of nitrogens with zero attached hydrogens (tertiary/aromatic N) is 3. The van der Waals surface area contributed by atoms with Crippen molar-refractivity contribution in [3.05, 3.63) is 12.2 Å². The minimum Gasteiger partial charge on any atom is -0.347 e. The van der Waals surface area contributed by atoms with E-state index in [1.165, 1.54) is 11.0 Å². The zero-order valence-corrected chi connectivity index (χ0v) is 11.1. The van der Waals surface area contributed by atoms with Gasteiger partial charge in [0.05, 0.1) is 18.3 Å². The fourth-order valence-corrected chi connectivity index (χ4v) is 1.92. The maximum Gasteiger partial charge on any atom is 0.237 e. The lowest BCUT2D eigenvalue weighted by Crippen LogP contribution is -2.41. The first-order chi connectivity index (χ1) is 8.28. The van der Waals surface area contributed by atoms with E-state index < -0.39 is 21.8 Å². The van der Waals surface area contributed by atoms with Crippen molar-refractivity contribution >= 4 is 15.7 Å². The molecule has 1 aromatic rings. The zero-order chi connectivity index (χ0) is 13.8. The fourth-order valence-electron chi connectivity index (χ4n) is 1.23. The van der Waals surface area contributed by atoms with E-state index in [1.54, 1.807) is 7.05 Å². The summed E-state index contributed by atoms with van der Waals surface area (Å²) in [7, 11) is -1.39. The maximum atomic E-state index is 11.5. The molecule has 1 aromatic heterocycles. The number of sulfone groups is 1. The molecule has 0 aromatic carbocycles. The lowest BCUT2D eigenvalue weighted by molar-refractivity contribution is -0.122. The van der Waals surface area contributed by atoms with E-state index in [4.69, 9.17) is 5.73 Å². The van der Waals surface area contributed by atoms with Gasteiger partial charge in [0.2, 0.25) is 5.91 Å². The molecule has 102 valence electrons. The Morgan fingerprint density at radius 2 is 2.28 bits per heavy atom. The summed E-state index contributed by atoms with van der Waals surface area (Å²) in [6.07, 6.45) is 2.72. The molecule has 0 saturated heterocycles. The lowest BCUT2D eigenvalue weighted by atomic mass is 10.2. The van der Waals surface area contributed by atoms with Crippen LogP contribution in [0.3, 0.4) is 0 Å². The van der Waals surface area contributed by atoms with Crippen molar-refractivity contribution in [2.75, 3.05) is 12.0 Å².